The molecule has 0 unspecified atom stereocenters. The molecule has 2 aromatic carbocycles. The van der Waals surface area contributed by atoms with Gasteiger partial charge in [-0.1, -0.05) is 6.07 Å². The van der Waals surface area contributed by atoms with Gasteiger partial charge in [0.1, 0.15) is 11.3 Å². The summed E-state index contributed by atoms with van der Waals surface area (Å²) < 4.78 is 11.0. The van der Waals surface area contributed by atoms with Crippen molar-refractivity contribution in [3.63, 3.8) is 0 Å². The van der Waals surface area contributed by atoms with Crippen LogP contribution in [0.25, 0.3) is 21.9 Å². The number of aryl methyl sites for hydroxylation is 2. The number of amides is 1. The molecule has 0 saturated carbocycles. The van der Waals surface area contributed by atoms with E-state index in [1.165, 1.54) is 6.07 Å². The van der Waals surface area contributed by atoms with E-state index >= 15 is 0 Å². The Morgan fingerprint density at radius 2 is 2.00 bits per heavy atom. The average molecular weight is 362 g/mol. The fourth-order valence-electron chi connectivity index (χ4n) is 3.16. The molecule has 0 atom stereocenters. The molecule has 6 nitrogen and oxygen atoms in total. The van der Waals surface area contributed by atoms with Gasteiger partial charge in [-0.2, -0.15) is 0 Å². The Hall–Kier alpha value is -3.54. The number of aromatic amines is 1. The molecule has 2 N–H and O–H groups in total. The number of benzene rings is 2. The van der Waals surface area contributed by atoms with E-state index < -0.39 is 5.63 Å². The van der Waals surface area contributed by atoms with Gasteiger partial charge in [-0.25, -0.2) is 4.79 Å². The molecule has 0 saturated heterocycles. The summed E-state index contributed by atoms with van der Waals surface area (Å²) >= 11 is 0. The van der Waals surface area contributed by atoms with E-state index in [1.54, 1.807) is 6.07 Å². The quantitative estimate of drug-likeness (QED) is 0.539. The van der Waals surface area contributed by atoms with E-state index in [9.17, 15) is 9.59 Å². The van der Waals surface area contributed by atoms with Crippen molar-refractivity contribution < 1.29 is 13.9 Å². The lowest BCUT2D eigenvalue weighted by Crippen LogP contribution is -2.20. The van der Waals surface area contributed by atoms with Gasteiger partial charge in [0.25, 0.3) is 5.91 Å². The number of aromatic nitrogens is 1. The first-order chi connectivity index (χ1) is 13.0. The molecule has 0 aliphatic rings. The number of nitrogens with one attached hydrogen (secondary N) is 2. The molecule has 136 valence electrons. The van der Waals surface area contributed by atoms with Gasteiger partial charge in [0.15, 0.2) is 6.61 Å². The first-order valence-corrected chi connectivity index (χ1v) is 8.54. The van der Waals surface area contributed by atoms with Crippen LogP contribution in [0.3, 0.4) is 0 Å². The summed E-state index contributed by atoms with van der Waals surface area (Å²) in [5.74, 6) is 0.242. The van der Waals surface area contributed by atoms with E-state index in [0.29, 0.717) is 22.4 Å². The van der Waals surface area contributed by atoms with Crippen LogP contribution in [0.2, 0.25) is 0 Å². The normalized spacial score (nSPS) is 11.0. The van der Waals surface area contributed by atoms with Crippen molar-refractivity contribution >= 4 is 33.5 Å². The van der Waals surface area contributed by atoms with Crippen molar-refractivity contribution in [1.29, 1.82) is 0 Å². The summed E-state index contributed by atoms with van der Waals surface area (Å²) in [4.78, 5) is 27.0. The molecule has 2 aromatic heterocycles. The van der Waals surface area contributed by atoms with E-state index in [2.05, 4.69) is 10.3 Å². The second-order valence-corrected chi connectivity index (χ2v) is 6.50. The molecule has 0 spiro atoms. The first-order valence-electron chi connectivity index (χ1n) is 8.54. The smallest absolute Gasteiger partial charge is 0.336 e. The maximum Gasteiger partial charge on any atom is 0.336 e. The van der Waals surface area contributed by atoms with Crippen LogP contribution >= 0.6 is 0 Å². The number of carbonyl (C=O) groups is 1. The molecule has 0 fully saturated rings. The van der Waals surface area contributed by atoms with Gasteiger partial charge in [0.2, 0.25) is 0 Å². The maximum atomic E-state index is 12.3. The highest BCUT2D eigenvalue weighted by atomic mass is 16.5. The van der Waals surface area contributed by atoms with E-state index in [-0.39, 0.29) is 12.5 Å². The number of anilines is 1. The molecule has 2 heterocycles. The van der Waals surface area contributed by atoms with Crippen molar-refractivity contribution in [3.8, 4) is 5.75 Å². The monoisotopic (exact) mass is 362 g/mol. The molecule has 1 amide bonds. The van der Waals surface area contributed by atoms with Crippen LogP contribution in [0.1, 0.15) is 11.1 Å². The Bertz CT molecular complexity index is 1220. The lowest BCUT2D eigenvalue weighted by Gasteiger charge is -2.12. The molecule has 27 heavy (non-hydrogen) atoms. The minimum Gasteiger partial charge on any atom is -0.483 e. The van der Waals surface area contributed by atoms with Gasteiger partial charge in [0, 0.05) is 23.5 Å². The van der Waals surface area contributed by atoms with Gasteiger partial charge in [-0.15, -0.1) is 0 Å². The highest BCUT2D eigenvalue weighted by molar-refractivity contribution is 5.95. The molecule has 4 aromatic rings. The molecular formula is C21H18N2O4. The van der Waals surface area contributed by atoms with Crippen molar-refractivity contribution in [3.05, 3.63) is 70.2 Å². The van der Waals surface area contributed by atoms with Crippen molar-refractivity contribution in [2.45, 2.75) is 13.8 Å². The molecule has 4 rings (SSSR count). The third-order valence-electron chi connectivity index (χ3n) is 4.35. The van der Waals surface area contributed by atoms with Gasteiger partial charge in [-0.3, -0.25) is 4.79 Å². The predicted molar refractivity (Wildman–Crippen MR) is 104 cm³/mol. The fraction of sp³-hybridized carbons (Fsp3) is 0.143. The largest absolute Gasteiger partial charge is 0.483 e. The Kier molecular flexibility index (Phi) is 4.16. The zero-order valence-corrected chi connectivity index (χ0v) is 15.0. The van der Waals surface area contributed by atoms with E-state index in [1.807, 2.05) is 50.4 Å². The summed E-state index contributed by atoms with van der Waals surface area (Å²) in [7, 11) is 0. The van der Waals surface area contributed by atoms with Gasteiger partial charge >= 0.3 is 5.63 Å². The third-order valence-corrected chi connectivity index (χ3v) is 4.35. The number of H-pyrrole nitrogens is 1. The Morgan fingerprint density at radius 1 is 1.15 bits per heavy atom. The predicted octanol–water partition coefficient (Wildman–Crippen LogP) is 3.91. The highest BCUT2D eigenvalue weighted by Gasteiger charge is 2.12. The standard InChI is InChI=1S/C21H18N2O4/c1-12-7-17(21-13(2)9-20(25)27-18(21)8-12)26-11-19(24)23-15-4-3-14-5-6-22-16(14)10-15/h3-10,22H,11H2,1-2H3,(H,23,24). The van der Waals surface area contributed by atoms with Gasteiger partial charge in [-0.05, 0) is 60.7 Å². The third kappa shape index (κ3) is 3.42. The Balaban J connectivity index is 1.54. The summed E-state index contributed by atoms with van der Waals surface area (Å²) in [5, 5.41) is 4.59. The minimum atomic E-state index is -0.408. The minimum absolute atomic E-state index is 0.153. The van der Waals surface area contributed by atoms with Crippen molar-refractivity contribution in [2.24, 2.45) is 0 Å². The zero-order valence-electron chi connectivity index (χ0n) is 15.0. The fourth-order valence-corrected chi connectivity index (χ4v) is 3.16. The summed E-state index contributed by atoms with van der Waals surface area (Å²) in [5.41, 5.74) is 3.30. The lowest BCUT2D eigenvalue weighted by molar-refractivity contribution is -0.118. The molecule has 6 heteroatoms. The average Bonchev–Trinajstić information content (AvgIpc) is 3.06. The first kappa shape index (κ1) is 16.9. The van der Waals surface area contributed by atoms with Crippen LogP contribution in [0.4, 0.5) is 5.69 Å². The van der Waals surface area contributed by atoms with Crippen LogP contribution in [-0.4, -0.2) is 17.5 Å². The van der Waals surface area contributed by atoms with E-state index in [0.717, 1.165) is 22.0 Å². The maximum absolute atomic E-state index is 12.3. The van der Waals surface area contributed by atoms with Crippen LogP contribution in [0, 0.1) is 13.8 Å². The SMILES string of the molecule is Cc1cc(OCC(=O)Nc2ccc3cc[nH]c3c2)c2c(C)cc(=O)oc2c1. The molecule has 0 aliphatic carbocycles. The number of hydrogen-bond donors (Lipinski definition) is 2. The number of ether oxygens (including phenoxy) is 1. The van der Waals surface area contributed by atoms with Crippen LogP contribution in [0.15, 0.2) is 57.9 Å². The number of rotatable bonds is 4. The van der Waals surface area contributed by atoms with Crippen molar-refractivity contribution in [2.75, 3.05) is 11.9 Å². The molecule has 0 radical (unpaired) electrons. The van der Waals surface area contributed by atoms with Crippen molar-refractivity contribution in [1.82, 2.24) is 4.98 Å². The second-order valence-electron chi connectivity index (χ2n) is 6.50. The number of hydrogen-bond acceptors (Lipinski definition) is 4. The highest BCUT2D eigenvalue weighted by Crippen LogP contribution is 2.29. The molecule has 0 bridgehead atoms. The molecular weight excluding hydrogens is 344 g/mol. The van der Waals surface area contributed by atoms with Crippen LogP contribution in [-0.2, 0) is 4.79 Å². The summed E-state index contributed by atoms with van der Waals surface area (Å²) in [6.45, 7) is 3.53. The summed E-state index contributed by atoms with van der Waals surface area (Å²) in [6.07, 6.45) is 1.85. The summed E-state index contributed by atoms with van der Waals surface area (Å²) in [6, 6.07) is 12.6. The van der Waals surface area contributed by atoms with E-state index in [4.69, 9.17) is 9.15 Å². The van der Waals surface area contributed by atoms with Crippen LogP contribution in [0.5, 0.6) is 5.75 Å². The van der Waals surface area contributed by atoms with Gasteiger partial charge in [0.05, 0.1) is 5.39 Å². The zero-order chi connectivity index (χ0) is 19.0. The molecule has 0 aliphatic heterocycles. The number of fused-ring (bicyclic) bond motifs is 2. The Labute approximate surface area is 154 Å². The Morgan fingerprint density at radius 3 is 2.85 bits per heavy atom. The topological polar surface area (TPSA) is 84.3 Å². The lowest BCUT2D eigenvalue weighted by atomic mass is 10.1. The second kappa shape index (κ2) is 6.64. The van der Waals surface area contributed by atoms with Crippen LogP contribution < -0.4 is 15.7 Å². The number of carbonyl (C=O) groups excluding carboxylic acids is 1. The van der Waals surface area contributed by atoms with Gasteiger partial charge < -0.3 is 19.5 Å².